The Bertz CT molecular complexity index is 1170. The van der Waals surface area contributed by atoms with Gasteiger partial charge in [-0.05, 0) is 55.7 Å². The highest BCUT2D eigenvalue weighted by atomic mass is 19.4. The number of nitrogens with two attached hydrogens (primary N) is 1. The summed E-state index contributed by atoms with van der Waals surface area (Å²) in [6.07, 6.45) is -2.70. The van der Waals surface area contributed by atoms with Crippen LogP contribution in [0.15, 0.2) is 18.2 Å². The van der Waals surface area contributed by atoms with Gasteiger partial charge in [0.25, 0.3) is 5.91 Å². The van der Waals surface area contributed by atoms with Gasteiger partial charge in [-0.25, -0.2) is 4.68 Å². The average Bonchev–Trinajstić information content (AvgIpc) is 3.17. The Balaban J connectivity index is 1.88. The number of alkyl halides is 3. The van der Waals surface area contributed by atoms with E-state index in [1.807, 2.05) is 18.7 Å². The fourth-order valence-electron chi connectivity index (χ4n) is 5.44. The van der Waals surface area contributed by atoms with E-state index in [0.717, 1.165) is 4.68 Å². The molecule has 4 N–H and O–H groups in total. The number of fused-ring (bicyclic) bond motifs is 1. The number of carbonyl (C=O) groups excluding carboxylic acids is 2. The highest BCUT2D eigenvalue weighted by Gasteiger charge is 2.45. The van der Waals surface area contributed by atoms with Gasteiger partial charge in [-0.3, -0.25) is 9.59 Å². The molecule has 1 aromatic heterocycles. The van der Waals surface area contributed by atoms with Crippen molar-refractivity contribution in [3.63, 3.8) is 0 Å². The lowest BCUT2D eigenvalue weighted by atomic mass is 9.75. The van der Waals surface area contributed by atoms with Gasteiger partial charge in [-0.15, -0.1) is 0 Å². The third kappa shape index (κ3) is 4.99. The second-order valence-electron chi connectivity index (χ2n) is 10.5. The Morgan fingerprint density at radius 1 is 1.22 bits per heavy atom. The van der Waals surface area contributed by atoms with Crippen molar-refractivity contribution in [1.29, 1.82) is 0 Å². The van der Waals surface area contributed by atoms with Crippen molar-refractivity contribution in [3.05, 3.63) is 40.7 Å². The molecule has 0 bridgehead atoms. The van der Waals surface area contributed by atoms with Crippen LogP contribution in [0.1, 0.15) is 78.1 Å². The fourth-order valence-corrected chi connectivity index (χ4v) is 5.44. The second-order valence-corrected chi connectivity index (χ2v) is 10.5. The van der Waals surface area contributed by atoms with E-state index in [0.29, 0.717) is 31.4 Å². The molecular formula is C25H31F3N4O4. The summed E-state index contributed by atoms with van der Waals surface area (Å²) in [6.45, 7) is 3.58. The summed E-state index contributed by atoms with van der Waals surface area (Å²) in [4.78, 5) is 26.9. The molecule has 0 atom stereocenters. The minimum Gasteiger partial charge on any atom is -0.395 e. The van der Waals surface area contributed by atoms with Crippen LogP contribution < -0.4 is 10.6 Å². The number of carbonyl (C=O) groups is 2. The topological polar surface area (TPSA) is 122 Å². The smallest absolute Gasteiger partial charge is 0.395 e. The first kappa shape index (κ1) is 26.2. The lowest BCUT2D eigenvalue weighted by Crippen LogP contribution is -2.42. The highest BCUT2D eigenvalue weighted by molar-refractivity contribution is 6.01. The zero-order chi connectivity index (χ0) is 26.4. The van der Waals surface area contributed by atoms with Gasteiger partial charge in [0.1, 0.15) is 0 Å². The minimum atomic E-state index is -4.81. The van der Waals surface area contributed by atoms with Crippen LogP contribution in [0.3, 0.4) is 0 Å². The molecule has 4 rings (SSSR count). The summed E-state index contributed by atoms with van der Waals surface area (Å²) >= 11 is 0. The SMILES string of the molecule is CC1(C)CC(=O)c2c(C(F)(F)F)nn(-c3ccc(C(N)=O)c(N(CCO)C4CCC(O)CC4)c3)c2C1. The Hall–Kier alpha value is -2.92. The van der Waals surface area contributed by atoms with Crippen LogP contribution in [0.4, 0.5) is 18.9 Å². The van der Waals surface area contributed by atoms with E-state index >= 15 is 0 Å². The second kappa shape index (κ2) is 9.51. The quantitative estimate of drug-likeness (QED) is 0.551. The Labute approximate surface area is 206 Å². The molecule has 1 saturated carbocycles. The van der Waals surface area contributed by atoms with Gasteiger partial charge in [0.15, 0.2) is 11.5 Å². The average molecular weight is 509 g/mol. The molecule has 1 amide bonds. The molecule has 1 fully saturated rings. The molecule has 1 aromatic carbocycles. The molecule has 0 unspecified atom stereocenters. The van der Waals surface area contributed by atoms with Gasteiger partial charge in [0.05, 0.1) is 40.9 Å². The van der Waals surface area contributed by atoms with Gasteiger partial charge < -0.3 is 20.8 Å². The van der Waals surface area contributed by atoms with Crippen molar-refractivity contribution in [1.82, 2.24) is 9.78 Å². The predicted molar refractivity (Wildman–Crippen MR) is 126 cm³/mol. The lowest BCUT2D eigenvalue weighted by molar-refractivity contribution is -0.141. The Morgan fingerprint density at radius 2 is 1.89 bits per heavy atom. The zero-order valence-electron chi connectivity index (χ0n) is 20.3. The van der Waals surface area contributed by atoms with E-state index in [1.54, 1.807) is 6.07 Å². The number of primary amides is 1. The van der Waals surface area contributed by atoms with Crippen LogP contribution in [0.5, 0.6) is 0 Å². The number of aliphatic hydroxyl groups excluding tert-OH is 2. The number of nitrogens with zero attached hydrogens (tertiary/aromatic N) is 3. The van der Waals surface area contributed by atoms with Gasteiger partial charge in [0.2, 0.25) is 0 Å². The third-order valence-corrected chi connectivity index (χ3v) is 7.06. The van der Waals surface area contributed by atoms with Crippen molar-refractivity contribution >= 4 is 17.4 Å². The van der Waals surface area contributed by atoms with E-state index in [1.165, 1.54) is 12.1 Å². The standard InChI is InChI=1S/C25H31F3N4O4/c1-24(2)12-19-21(20(35)13-24)22(25(26,27)28)30-32(19)15-5-8-17(23(29)36)18(11-15)31(9-10-33)14-3-6-16(34)7-4-14/h5,8,11,14,16,33-34H,3-4,6-7,9-10,12-13H2,1-2H3,(H2,29,36). The Morgan fingerprint density at radius 3 is 2.47 bits per heavy atom. The number of benzene rings is 1. The summed E-state index contributed by atoms with van der Waals surface area (Å²) < 4.78 is 42.8. The number of amides is 1. The van der Waals surface area contributed by atoms with E-state index in [-0.39, 0.29) is 49.0 Å². The maximum Gasteiger partial charge on any atom is 0.435 e. The molecule has 2 aliphatic carbocycles. The molecule has 2 aromatic rings. The van der Waals surface area contributed by atoms with Gasteiger partial charge >= 0.3 is 6.18 Å². The van der Waals surface area contributed by atoms with Crippen molar-refractivity contribution in [2.75, 3.05) is 18.1 Å². The summed E-state index contributed by atoms with van der Waals surface area (Å²) in [7, 11) is 0. The number of Topliss-reactive ketones (excluding diaryl/α,β-unsaturated/α-hetero) is 1. The van der Waals surface area contributed by atoms with E-state index < -0.39 is 40.6 Å². The maximum absolute atomic E-state index is 13.9. The first-order chi connectivity index (χ1) is 16.8. The van der Waals surface area contributed by atoms with Gasteiger partial charge in [-0.1, -0.05) is 13.8 Å². The number of hydrogen-bond acceptors (Lipinski definition) is 6. The summed E-state index contributed by atoms with van der Waals surface area (Å²) in [6, 6.07) is 4.34. The number of rotatable bonds is 6. The largest absolute Gasteiger partial charge is 0.435 e. The molecule has 0 aliphatic heterocycles. The number of aliphatic hydroxyl groups is 2. The number of hydrogen-bond donors (Lipinski definition) is 3. The molecule has 0 spiro atoms. The van der Waals surface area contributed by atoms with Crippen LogP contribution in [0.25, 0.3) is 5.69 Å². The van der Waals surface area contributed by atoms with Gasteiger partial charge in [0, 0.05) is 19.0 Å². The first-order valence-electron chi connectivity index (χ1n) is 12.0. The van der Waals surface area contributed by atoms with Crippen LogP contribution in [-0.4, -0.2) is 57.0 Å². The molecule has 0 saturated heterocycles. The van der Waals surface area contributed by atoms with Crippen LogP contribution in [0.2, 0.25) is 0 Å². The van der Waals surface area contributed by atoms with E-state index in [9.17, 15) is 33.0 Å². The van der Waals surface area contributed by atoms with E-state index in [4.69, 9.17) is 5.73 Å². The van der Waals surface area contributed by atoms with Crippen LogP contribution in [0, 0.1) is 5.41 Å². The third-order valence-electron chi connectivity index (χ3n) is 7.06. The molecule has 1 heterocycles. The monoisotopic (exact) mass is 508 g/mol. The zero-order valence-corrected chi connectivity index (χ0v) is 20.3. The highest BCUT2D eigenvalue weighted by Crippen LogP contribution is 2.42. The molecule has 196 valence electrons. The maximum atomic E-state index is 13.9. The van der Waals surface area contributed by atoms with Crippen molar-refractivity contribution in [2.45, 2.75) is 70.7 Å². The lowest BCUT2D eigenvalue weighted by Gasteiger charge is -2.38. The number of halogens is 3. The summed E-state index contributed by atoms with van der Waals surface area (Å²) in [5.74, 6) is -1.32. The van der Waals surface area contributed by atoms with Crippen molar-refractivity contribution in [3.8, 4) is 5.69 Å². The molecule has 11 heteroatoms. The molecule has 0 radical (unpaired) electrons. The normalized spacial score (nSPS) is 21.8. The van der Waals surface area contributed by atoms with Gasteiger partial charge in [-0.2, -0.15) is 18.3 Å². The molecule has 2 aliphatic rings. The number of anilines is 1. The molecular weight excluding hydrogens is 477 g/mol. The molecule has 36 heavy (non-hydrogen) atoms. The predicted octanol–water partition coefficient (Wildman–Crippen LogP) is 3.25. The summed E-state index contributed by atoms with van der Waals surface area (Å²) in [5.41, 5.74) is 4.42. The van der Waals surface area contributed by atoms with Crippen LogP contribution in [-0.2, 0) is 12.6 Å². The number of aromatic nitrogens is 2. The molecule has 8 nitrogen and oxygen atoms in total. The van der Waals surface area contributed by atoms with Crippen molar-refractivity contribution in [2.24, 2.45) is 11.1 Å². The minimum absolute atomic E-state index is 0.0154. The Kier molecular flexibility index (Phi) is 6.91. The van der Waals surface area contributed by atoms with Crippen molar-refractivity contribution < 1.29 is 33.0 Å². The van der Waals surface area contributed by atoms with Crippen LogP contribution >= 0.6 is 0 Å². The fraction of sp³-hybridized carbons (Fsp3) is 0.560. The first-order valence-corrected chi connectivity index (χ1v) is 12.0. The summed E-state index contributed by atoms with van der Waals surface area (Å²) in [5, 5.41) is 23.5. The number of ketones is 1. The van der Waals surface area contributed by atoms with E-state index in [2.05, 4.69) is 5.10 Å².